The SMILES string of the molecule is COC[C@H](C)n1c(C)cc(C(=O)CSc2nnc(C[C@@H]3CCS(=O)(=O)C3)o2)c1C. The highest BCUT2D eigenvalue weighted by atomic mass is 32.2. The van der Waals surface area contributed by atoms with Gasteiger partial charge in [-0.25, -0.2) is 8.42 Å². The van der Waals surface area contributed by atoms with Crippen molar-refractivity contribution in [3.63, 3.8) is 0 Å². The van der Waals surface area contributed by atoms with Gasteiger partial charge in [-0.1, -0.05) is 11.8 Å². The number of thioether (sulfide) groups is 1. The smallest absolute Gasteiger partial charge is 0.277 e. The quantitative estimate of drug-likeness (QED) is 0.432. The average molecular weight is 442 g/mol. The molecule has 2 aromatic rings. The number of Topliss-reactive ketones (excluding diaryl/α,β-unsaturated/α-hetero) is 1. The maximum Gasteiger partial charge on any atom is 0.277 e. The molecule has 0 aromatic carbocycles. The minimum Gasteiger partial charge on any atom is -0.416 e. The van der Waals surface area contributed by atoms with E-state index in [0.29, 0.717) is 36.1 Å². The summed E-state index contributed by atoms with van der Waals surface area (Å²) in [7, 11) is -1.26. The first-order valence-electron chi connectivity index (χ1n) is 9.56. The van der Waals surface area contributed by atoms with Crippen LogP contribution in [0.4, 0.5) is 0 Å². The molecule has 0 unspecified atom stereocenters. The average Bonchev–Trinajstić information content (AvgIpc) is 3.31. The molecule has 0 radical (unpaired) electrons. The van der Waals surface area contributed by atoms with Gasteiger partial charge >= 0.3 is 0 Å². The molecule has 1 aliphatic heterocycles. The van der Waals surface area contributed by atoms with Crippen molar-refractivity contribution in [3.8, 4) is 0 Å². The number of ether oxygens (including phenoxy) is 1. The van der Waals surface area contributed by atoms with Crippen LogP contribution >= 0.6 is 11.8 Å². The standard InChI is InChI=1S/C19H27N3O5S2/c1-12-7-16(14(3)22(12)13(2)9-26-4)17(23)10-28-19-21-20-18(27-19)8-15-5-6-29(24,25)11-15/h7,13,15H,5-6,8-11H2,1-4H3/t13-,15-/m0/s1. The molecule has 0 bridgehead atoms. The molecule has 2 atom stereocenters. The molecule has 0 amide bonds. The number of hydrogen-bond acceptors (Lipinski definition) is 8. The van der Waals surface area contributed by atoms with Crippen molar-refractivity contribution < 1.29 is 22.4 Å². The number of nitrogens with zero attached hydrogens (tertiary/aromatic N) is 3. The number of aryl methyl sites for hydroxylation is 1. The van der Waals surface area contributed by atoms with Crippen LogP contribution in [0.1, 0.15) is 47.0 Å². The fourth-order valence-corrected chi connectivity index (χ4v) is 6.44. The molecule has 160 valence electrons. The van der Waals surface area contributed by atoms with Gasteiger partial charge in [-0.15, -0.1) is 10.2 Å². The number of rotatable bonds is 9. The number of sulfone groups is 1. The third-order valence-corrected chi connectivity index (χ3v) is 7.85. The van der Waals surface area contributed by atoms with E-state index in [0.717, 1.165) is 11.4 Å². The molecular formula is C19H27N3O5S2. The molecule has 10 heteroatoms. The molecule has 0 spiro atoms. The lowest BCUT2D eigenvalue weighted by atomic mass is 10.1. The number of aromatic nitrogens is 3. The van der Waals surface area contributed by atoms with E-state index in [1.807, 2.05) is 19.9 Å². The third kappa shape index (κ3) is 5.29. The molecule has 0 aliphatic carbocycles. The zero-order valence-corrected chi connectivity index (χ0v) is 18.8. The molecule has 3 rings (SSSR count). The van der Waals surface area contributed by atoms with E-state index in [-0.39, 0.29) is 35.0 Å². The first kappa shape index (κ1) is 22.0. The van der Waals surface area contributed by atoms with Gasteiger partial charge in [-0.3, -0.25) is 4.79 Å². The Labute approximate surface area is 175 Å². The minimum absolute atomic E-state index is 0.000558. The van der Waals surface area contributed by atoms with E-state index in [4.69, 9.17) is 9.15 Å². The van der Waals surface area contributed by atoms with Crippen molar-refractivity contribution in [1.82, 2.24) is 14.8 Å². The molecule has 3 heterocycles. The highest BCUT2D eigenvalue weighted by Crippen LogP contribution is 2.26. The summed E-state index contributed by atoms with van der Waals surface area (Å²) in [5.74, 6) is 1.05. The number of methoxy groups -OCH3 is 1. The van der Waals surface area contributed by atoms with Crippen molar-refractivity contribution in [2.75, 3.05) is 31.0 Å². The van der Waals surface area contributed by atoms with Gasteiger partial charge in [0, 0.05) is 30.5 Å². The summed E-state index contributed by atoms with van der Waals surface area (Å²) in [6, 6.07) is 2.05. The molecule has 0 N–H and O–H groups in total. The first-order chi connectivity index (χ1) is 13.7. The van der Waals surface area contributed by atoms with Crippen LogP contribution in [0.15, 0.2) is 15.7 Å². The van der Waals surface area contributed by atoms with Crippen molar-refractivity contribution in [1.29, 1.82) is 0 Å². The van der Waals surface area contributed by atoms with Crippen LogP contribution in [0.5, 0.6) is 0 Å². The van der Waals surface area contributed by atoms with Crippen LogP contribution < -0.4 is 0 Å². The van der Waals surface area contributed by atoms with Crippen molar-refractivity contribution in [2.24, 2.45) is 5.92 Å². The van der Waals surface area contributed by atoms with Crippen molar-refractivity contribution >= 4 is 27.4 Å². The third-order valence-electron chi connectivity index (χ3n) is 5.20. The monoisotopic (exact) mass is 441 g/mol. The topological polar surface area (TPSA) is 104 Å². The fraction of sp³-hybridized carbons (Fsp3) is 0.632. The van der Waals surface area contributed by atoms with E-state index < -0.39 is 9.84 Å². The van der Waals surface area contributed by atoms with Gasteiger partial charge in [0.1, 0.15) is 0 Å². The predicted octanol–water partition coefficient (Wildman–Crippen LogP) is 2.65. The van der Waals surface area contributed by atoms with E-state index >= 15 is 0 Å². The summed E-state index contributed by atoms with van der Waals surface area (Å²) in [5, 5.41) is 8.31. The maximum atomic E-state index is 12.7. The van der Waals surface area contributed by atoms with Gasteiger partial charge < -0.3 is 13.7 Å². The zero-order valence-electron chi connectivity index (χ0n) is 17.2. The second-order valence-electron chi connectivity index (χ2n) is 7.61. The predicted molar refractivity (Wildman–Crippen MR) is 110 cm³/mol. The normalized spacial score (nSPS) is 19.5. The summed E-state index contributed by atoms with van der Waals surface area (Å²) in [4.78, 5) is 12.7. The van der Waals surface area contributed by atoms with Gasteiger partial charge in [0.15, 0.2) is 15.6 Å². The number of carbonyl (C=O) groups is 1. The van der Waals surface area contributed by atoms with Crippen LogP contribution in [0, 0.1) is 19.8 Å². The van der Waals surface area contributed by atoms with Gasteiger partial charge in [-0.2, -0.15) is 0 Å². The van der Waals surface area contributed by atoms with Crippen LogP contribution in [0.2, 0.25) is 0 Å². The molecule has 29 heavy (non-hydrogen) atoms. The molecule has 8 nitrogen and oxygen atoms in total. The Hall–Kier alpha value is -1.65. The van der Waals surface area contributed by atoms with Crippen LogP contribution in [0.3, 0.4) is 0 Å². The summed E-state index contributed by atoms with van der Waals surface area (Å²) < 4.78 is 36.1. The van der Waals surface area contributed by atoms with E-state index in [9.17, 15) is 13.2 Å². The van der Waals surface area contributed by atoms with Crippen LogP contribution in [-0.2, 0) is 21.0 Å². The maximum absolute atomic E-state index is 12.7. The van der Waals surface area contributed by atoms with Gasteiger partial charge in [0.05, 0.1) is 29.9 Å². The van der Waals surface area contributed by atoms with Gasteiger partial charge in [0.2, 0.25) is 5.89 Å². The number of hydrogen-bond donors (Lipinski definition) is 0. The number of ketones is 1. The lowest BCUT2D eigenvalue weighted by Crippen LogP contribution is -2.14. The van der Waals surface area contributed by atoms with Gasteiger partial charge in [0.25, 0.3) is 5.22 Å². The molecule has 2 aromatic heterocycles. The van der Waals surface area contributed by atoms with Crippen molar-refractivity contribution in [3.05, 3.63) is 28.9 Å². The minimum atomic E-state index is -2.93. The highest BCUT2D eigenvalue weighted by molar-refractivity contribution is 7.99. The fourth-order valence-electron chi connectivity index (χ4n) is 3.92. The van der Waals surface area contributed by atoms with E-state index in [1.54, 1.807) is 7.11 Å². The van der Waals surface area contributed by atoms with E-state index in [1.165, 1.54) is 11.8 Å². The molecule has 1 saturated heterocycles. The Kier molecular flexibility index (Phi) is 6.85. The largest absolute Gasteiger partial charge is 0.416 e. The summed E-state index contributed by atoms with van der Waals surface area (Å²) in [5.41, 5.74) is 2.63. The lowest BCUT2D eigenvalue weighted by molar-refractivity contribution is 0.102. The highest BCUT2D eigenvalue weighted by Gasteiger charge is 2.29. The Morgan fingerprint density at radius 1 is 1.41 bits per heavy atom. The molecule has 1 aliphatic rings. The molecular weight excluding hydrogens is 414 g/mol. The Morgan fingerprint density at radius 2 is 2.17 bits per heavy atom. The van der Waals surface area contributed by atoms with E-state index in [2.05, 4.69) is 21.7 Å². The molecule has 0 saturated carbocycles. The summed E-state index contributed by atoms with van der Waals surface area (Å²) in [6.45, 7) is 6.56. The van der Waals surface area contributed by atoms with Crippen molar-refractivity contribution in [2.45, 2.75) is 44.9 Å². The van der Waals surface area contributed by atoms with Gasteiger partial charge in [-0.05, 0) is 39.2 Å². The Bertz CT molecular complexity index is 980. The second-order valence-corrected chi connectivity index (χ2v) is 10.8. The summed E-state index contributed by atoms with van der Waals surface area (Å²) >= 11 is 1.20. The summed E-state index contributed by atoms with van der Waals surface area (Å²) in [6.07, 6.45) is 1.09. The second kappa shape index (κ2) is 9.01. The molecule has 1 fully saturated rings. The number of carbonyl (C=O) groups excluding carboxylic acids is 1. The Morgan fingerprint density at radius 3 is 2.83 bits per heavy atom. The van der Waals surface area contributed by atoms with Crippen LogP contribution in [-0.4, -0.2) is 59.9 Å². The zero-order chi connectivity index (χ0) is 21.2. The van der Waals surface area contributed by atoms with Crippen LogP contribution in [0.25, 0.3) is 0 Å². The Balaban J connectivity index is 1.59. The lowest BCUT2D eigenvalue weighted by Gasteiger charge is -2.17. The first-order valence-corrected chi connectivity index (χ1v) is 12.4.